The zero-order valence-corrected chi connectivity index (χ0v) is 15.7. The first kappa shape index (κ1) is 20.9. The number of nitrogens with one attached hydrogen (secondary N) is 1. The first-order chi connectivity index (χ1) is 13.3. The first-order valence-electron chi connectivity index (χ1n) is 8.33. The zero-order valence-electron chi connectivity index (χ0n) is 15.7. The van der Waals surface area contributed by atoms with Crippen LogP contribution in [0.4, 0.5) is 10.1 Å². The number of Topliss-reactive ketones (excluding diaryl/α,β-unsaturated/α-hetero) is 1. The highest BCUT2D eigenvalue weighted by atomic mass is 19.1. The monoisotopic (exact) mass is 389 g/mol. The van der Waals surface area contributed by atoms with Gasteiger partial charge in [-0.2, -0.15) is 0 Å². The Morgan fingerprint density at radius 1 is 1.04 bits per heavy atom. The van der Waals surface area contributed by atoms with Crippen LogP contribution in [-0.2, 0) is 14.3 Å². The van der Waals surface area contributed by atoms with Gasteiger partial charge in [-0.15, -0.1) is 0 Å². The molecule has 0 bridgehead atoms. The van der Waals surface area contributed by atoms with Crippen LogP contribution < -0.4 is 14.8 Å². The maximum Gasteiger partial charge on any atom is 0.344 e. The number of esters is 1. The molecule has 0 radical (unpaired) electrons. The summed E-state index contributed by atoms with van der Waals surface area (Å²) in [6.45, 7) is 2.08. The summed E-state index contributed by atoms with van der Waals surface area (Å²) in [7, 11) is 1.40. The highest BCUT2D eigenvalue weighted by Crippen LogP contribution is 2.28. The number of amides is 1. The van der Waals surface area contributed by atoms with Crippen LogP contribution in [0.1, 0.15) is 22.8 Å². The molecule has 7 nitrogen and oxygen atoms in total. The number of methoxy groups -OCH3 is 1. The quantitative estimate of drug-likeness (QED) is 0.551. The highest BCUT2D eigenvalue weighted by molar-refractivity contribution is 5.95. The van der Waals surface area contributed by atoms with Crippen molar-refractivity contribution in [2.45, 2.75) is 13.8 Å². The van der Waals surface area contributed by atoms with E-state index in [1.165, 1.54) is 44.4 Å². The Morgan fingerprint density at radius 2 is 1.79 bits per heavy atom. The van der Waals surface area contributed by atoms with Crippen LogP contribution >= 0.6 is 0 Å². The molecular formula is C20H20FNO6. The van der Waals surface area contributed by atoms with Crippen LogP contribution in [0, 0.1) is 12.7 Å². The molecular weight excluding hydrogens is 369 g/mol. The average Bonchev–Trinajstić information content (AvgIpc) is 2.66. The molecule has 0 saturated heterocycles. The molecule has 0 saturated carbocycles. The van der Waals surface area contributed by atoms with Crippen molar-refractivity contribution in [3.8, 4) is 11.5 Å². The van der Waals surface area contributed by atoms with E-state index >= 15 is 0 Å². The van der Waals surface area contributed by atoms with Crippen molar-refractivity contribution in [3.63, 3.8) is 0 Å². The zero-order chi connectivity index (χ0) is 20.7. The Bertz CT molecular complexity index is 896. The third-order valence-corrected chi connectivity index (χ3v) is 3.68. The summed E-state index contributed by atoms with van der Waals surface area (Å²) in [5, 5.41) is 2.32. The lowest BCUT2D eigenvalue weighted by Crippen LogP contribution is -2.24. The average molecular weight is 389 g/mol. The van der Waals surface area contributed by atoms with Crippen molar-refractivity contribution in [2.24, 2.45) is 0 Å². The van der Waals surface area contributed by atoms with Gasteiger partial charge >= 0.3 is 5.97 Å². The molecule has 0 aliphatic rings. The van der Waals surface area contributed by atoms with Crippen LogP contribution in [0.2, 0.25) is 0 Å². The van der Waals surface area contributed by atoms with Crippen LogP contribution in [0.3, 0.4) is 0 Å². The molecule has 1 amide bonds. The number of hydrogen-bond acceptors (Lipinski definition) is 6. The Morgan fingerprint density at radius 3 is 2.43 bits per heavy atom. The Kier molecular flexibility index (Phi) is 7.08. The van der Waals surface area contributed by atoms with Gasteiger partial charge in [-0.1, -0.05) is 6.07 Å². The predicted molar refractivity (Wildman–Crippen MR) is 99.2 cm³/mol. The molecule has 0 atom stereocenters. The summed E-state index contributed by atoms with van der Waals surface area (Å²) in [4.78, 5) is 34.9. The largest absolute Gasteiger partial charge is 0.493 e. The molecule has 0 aliphatic heterocycles. The molecule has 0 unspecified atom stereocenters. The summed E-state index contributed by atoms with van der Waals surface area (Å²) in [5.74, 6) is -1.66. The fraction of sp³-hybridized carbons (Fsp3) is 0.250. The number of carbonyl (C=O) groups is 3. The molecule has 1 N–H and O–H groups in total. The summed E-state index contributed by atoms with van der Waals surface area (Å²) >= 11 is 0. The molecule has 0 aliphatic carbocycles. The minimum Gasteiger partial charge on any atom is -0.493 e. The molecule has 0 spiro atoms. The molecule has 0 aromatic heterocycles. The van der Waals surface area contributed by atoms with Crippen molar-refractivity contribution >= 4 is 23.3 Å². The number of hydrogen-bond donors (Lipinski definition) is 1. The van der Waals surface area contributed by atoms with Gasteiger partial charge < -0.3 is 19.5 Å². The van der Waals surface area contributed by atoms with E-state index in [2.05, 4.69) is 5.32 Å². The fourth-order valence-electron chi connectivity index (χ4n) is 2.24. The van der Waals surface area contributed by atoms with E-state index in [0.717, 1.165) is 0 Å². The number of carbonyl (C=O) groups excluding carboxylic acids is 3. The van der Waals surface area contributed by atoms with Crippen molar-refractivity contribution in [3.05, 3.63) is 53.3 Å². The molecule has 8 heteroatoms. The summed E-state index contributed by atoms with van der Waals surface area (Å²) in [6, 6.07) is 8.87. The molecule has 0 heterocycles. The van der Waals surface area contributed by atoms with E-state index in [1.54, 1.807) is 13.0 Å². The molecule has 2 aromatic rings. The number of ether oxygens (including phenoxy) is 3. The number of halogens is 1. The van der Waals surface area contributed by atoms with Crippen molar-refractivity contribution in [1.82, 2.24) is 0 Å². The second-order valence-corrected chi connectivity index (χ2v) is 5.90. The van der Waals surface area contributed by atoms with Crippen molar-refractivity contribution in [1.29, 1.82) is 0 Å². The fourth-order valence-corrected chi connectivity index (χ4v) is 2.24. The smallest absolute Gasteiger partial charge is 0.344 e. The Labute approximate surface area is 161 Å². The SMILES string of the molecule is COc1cc(C(C)=O)ccc1OCC(=O)OCC(=O)Nc1ccc(C)cc1F. The maximum absolute atomic E-state index is 13.7. The second-order valence-electron chi connectivity index (χ2n) is 5.90. The van der Waals surface area contributed by atoms with Crippen molar-refractivity contribution < 1.29 is 33.0 Å². The first-order valence-corrected chi connectivity index (χ1v) is 8.33. The lowest BCUT2D eigenvalue weighted by molar-refractivity contribution is -0.149. The summed E-state index contributed by atoms with van der Waals surface area (Å²) in [6.07, 6.45) is 0. The van der Waals surface area contributed by atoms with E-state index in [0.29, 0.717) is 11.1 Å². The molecule has 0 fully saturated rings. The predicted octanol–water partition coefficient (Wildman–Crippen LogP) is 2.91. The standard InChI is InChI=1S/C20H20FNO6/c1-12-4-6-16(15(21)8-12)22-19(24)10-28-20(25)11-27-17-7-5-14(13(2)23)9-18(17)26-3/h4-9H,10-11H2,1-3H3,(H,22,24). The van der Waals surface area contributed by atoms with Crippen LogP contribution in [0.5, 0.6) is 11.5 Å². The van der Waals surface area contributed by atoms with E-state index in [4.69, 9.17) is 14.2 Å². The number of aryl methyl sites for hydroxylation is 1. The van der Waals surface area contributed by atoms with Gasteiger partial charge in [0.2, 0.25) is 0 Å². The second kappa shape index (κ2) is 9.50. The van der Waals surface area contributed by atoms with E-state index in [1.807, 2.05) is 0 Å². The van der Waals surface area contributed by atoms with Crippen LogP contribution in [0.15, 0.2) is 36.4 Å². The number of ketones is 1. The van der Waals surface area contributed by atoms with Gasteiger partial charge in [-0.3, -0.25) is 9.59 Å². The van der Waals surface area contributed by atoms with Gasteiger partial charge in [-0.25, -0.2) is 9.18 Å². The summed E-state index contributed by atoms with van der Waals surface area (Å²) in [5.41, 5.74) is 1.15. The van der Waals surface area contributed by atoms with Gasteiger partial charge in [0.15, 0.2) is 30.5 Å². The summed E-state index contributed by atoms with van der Waals surface area (Å²) < 4.78 is 28.9. The van der Waals surface area contributed by atoms with Crippen molar-refractivity contribution in [2.75, 3.05) is 25.6 Å². The minimum atomic E-state index is -0.794. The number of rotatable bonds is 8. The maximum atomic E-state index is 13.7. The van der Waals surface area contributed by atoms with Gasteiger partial charge in [-0.05, 0) is 49.7 Å². The lowest BCUT2D eigenvalue weighted by atomic mass is 10.1. The topological polar surface area (TPSA) is 90.9 Å². The highest BCUT2D eigenvalue weighted by Gasteiger charge is 2.13. The van der Waals surface area contributed by atoms with E-state index in [-0.39, 0.29) is 23.0 Å². The van der Waals surface area contributed by atoms with E-state index in [9.17, 15) is 18.8 Å². The van der Waals surface area contributed by atoms with Crippen LogP contribution in [-0.4, -0.2) is 38.0 Å². The number of benzene rings is 2. The minimum absolute atomic E-state index is 0.00167. The Balaban J connectivity index is 1.84. The molecule has 148 valence electrons. The van der Waals surface area contributed by atoms with Crippen LogP contribution in [0.25, 0.3) is 0 Å². The molecule has 28 heavy (non-hydrogen) atoms. The molecule has 2 rings (SSSR count). The van der Waals surface area contributed by atoms with Gasteiger partial charge in [0, 0.05) is 5.56 Å². The number of anilines is 1. The van der Waals surface area contributed by atoms with E-state index < -0.39 is 30.9 Å². The van der Waals surface area contributed by atoms with Gasteiger partial charge in [0.25, 0.3) is 5.91 Å². The lowest BCUT2D eigenvalue weighted by Gasteiger charge is -2.11. The van der Waals surface area contributed by atoms with Gasteiger partial charge in [0.1, 0.15) is 5.82 Å². The third-order valence-electron chi connectivity index (χ3n) is 3.68. The Hall–Kier alpha value is -3.42. The third kappa shape index (κ3) is 5.80. The van der Waals surface area contributed by atoms with Gasteiger partial charge in [0.05, 0.1) is 12.8 Å². The molecule has 2 aromatic carbocycles. The normalized spacial score (nSPS) is 10.1.